The van der Waals surface area contributed by atoms with Crippen molar-refractivity contribution in [3.63, 3.8) is 0 Å². The summed E-state index contributed by atoms with van der Waals surface area (Å²) in [5, 5.41) is 4.23. The Labute approximate surface area is 142 Å². The van der Waals surface area contributed by atoms with E-state index in [1.165, 1.54) is 22.2 Å². The van der Waals surface area contributed by atoms with Crippen LogP contribution in [0.1, 0.15) is 16.8 Å². The summed E-state index contributed by atoms with van der Waals surface area (Å²) < 4.78 is 7.36. The molecule has 0 fully saturated rings. The zero-order chi connectivity index (χ0) is 17.1. The number of aryl methyl sites for hydroxylation is 1. The Morgan fingerprint density at radius 2 is 1.96 bits per heavy atom. The van der Waals surface area contributed by atoms with Crippen LogP contribution >= 0.6 is 0 Å². The van der Waals surface area contributed by atoms with Gasteiger partial charge < -0.3 is 14.6 Å². The molecule has 1 aromatic heterocycles. The molecular weight excluding hydrogens is 300 g/mol. The third-order valence-corrected chi connectivity index (χ3v) is 4.49. The monoisotopic (exact) mass is 322 g/mol. The zero-order valence-electron chi connectivity index (χ0n) is 14.3. The van der Waals surface area contributed by atoms with Gasteiger partial charge in [-0.1, -0.05) is 30.3 Å². The average molecular weight is 322 g/mol. The highest BCUT2D eigenvalue weighted by Crippen LogP contribution is 2.24. The predicted octanol–water partition coefficient (Wildman–Crippen LogP) is 3.35. The second-order valence-electron chi connectivity index (χ2n) is 5.95. The number of nitrogens with zero attached hydrogens (tertiary/aromatic N) is 1. The van der Waals surface area contributed by atoms with E-state index in [2.05, 4.69) is 36.0 Å². The number of hydrogen-bond donors (Lipinski definition) is 1. The van der Waals surface area contributed by atoms with E-state index in [1.54, 1.807) is 7.11 Å². The fourth-order valence-corrected chi connectivity index (χ4v) is 3.04. The van der Waals surface area contributed by atoms with Crippen molar-refractivity contribution in [3.8, 4) is 5.75 Å². The number of fused-ring (bicyclic) bond motifs is 1. The molecule has 0 bridgehead atoms. The highest BCUT2D eigenvalue weighted by molar-refractivity contribution is 5.86. The van der Waals surface area contributed by atoms with Crippen molar-refractivity contribution in [2.24, 2.45) is 7.05 Å². The molecule has 1 amide bonds. The average Bonchev–Trinajstić information content (AvgIpc) is 2.84. The fraction of sp³-hybridized carbons (Fsp3) is 0.250. The standard InChI is InChI=1S/C20H22N2O2/c1-14-18(17-9-4-5-10-19(17)22(14)2)13-21-20(23)12-15-7-6-8-16(11-15)24-3/h4-11H,12-13H2,1-3H3,(H,21,23). The van der Waals surface area contributed by atoms with E-state index in [0.29, 0.717) is 13.0 Å². The first-order valence-corrected chi connectivity index (χ1v) is 8.02. The van der Waals surface area contributed by atoms with Crippen LogP contribution in [-0.4, -0.2) is 17.6 Å². The van der Waals surface area contributed by atoms with Gasteiger partial charge in [0.2, 0.25) is 5.91 Å². The number of rotatable bonds is 5. The maximum Gasteiger partial charge on any atom is 0.224 e. The molecule has 0 saturated heterocycles. The molecule has 0 aliphatic rings. The Kier molecular flexibility index (Phi) is 4.56. The van der Waals surface area contributed by atoms with Gasteiger partial charge >= 0.3 is 0 Å². The molecule has 1 N–H and O–H groups in total. The van der Waals surface area contributed by atoms with Gasteiger partial charge in [0.25, 0.3) is 0 Å². The molecule has 0 atom stereocenters. The molecule has 0 spiro atoms. The largest absolute Gasteiger partial charge is 0.497 e. The third kappa shape index (κ3) is 3.13. The van der Waals surface area contributed by atoms with Gasteiger partial charge in [0.05, 0.1) is 13.5 Å². The second-order valence-corrected chi connectivity index (χ2v) is 5.95. The second kappa shape index (κ2) is 6.79. The molecule has 124 valence electrons. The molecule has 1 heterocycles. The topological polar surface area (TPSA) is 43.3 Å². The first kappa shape index (κ1) is 16.1. The van der Waals surface area contributed by atoms with Crippen LogP contribution in [0, 0.1) is 6.92 Å². The minimum atomic E-state index is 0.00980. The Hall–Kier alpha value is -2.75. The van der Waals surface area contributed by atoms with Crippen LogP contribution in [0.15, 0.2) is 48.5 Å². The van der Waals surface area contributed by atoms with E-state index in [4.69, 9.17) is 4.74 Å². The summed E-state index contributed by atoms with van der Waals surface area (Å²) in [5.41, 5.74) is 4.48. The van der Waals surface area contributed by atoms with E-state index in [0.717, 1.165) is 11.3 Å². The lowest BCUT2D eigenvalue weighted by Gasteiger charge is -2.07. The zero-order valence-corrected chi connectivity index (χ0v) is 14.3. The Bertz CT molecular complexity index is 880. The number of amides is 1. The van der Waals surface area contributed by atoms with Gasteiger partial charge in [0.15, 0.2) is 0 Å². The SMILES string of the molecule is COc1cccc(CC(=O)NCc2c(C)n(C)c3ccccc23)c1. The van der Waals surface area contributed by atoms with E-state index >= 15 is 0 Å². The van der Waals surface area contributed by atoms with Gasteiger partial charge in [0.1, 0.15) is 5.75 Å². The summed E-state index contributed by atoms with van der Waals surface area (Å²) in [5.74, 6) is 0.779. The normalized spacial score (nSPS) is 10.8. The summed E-state index contributed by atoms with van der Waals surface area (Å²) in [6.45, 7) is 2.62. The Balaban J connectivity index is 1.72. The van der Waals surface area contributed by atoms with E-state index < -0.39 is 0 Å². The van der Waals surface area contributed by atoms with E-state index in [1.807, 2.05) is 36.4 Å². The first-order valence-electron chi connectivity index (χ1n) is 8.02. The summed E-state index contributed by atoms with van der Waals surface area (Å²) in [6, 6.07) is 15.9. The van der Waals surface area contributed by atoms with Gasteiger partial charge in [-0.15, -0.1) is 0 Å². The Morgan fingerprint density at radius 1 is 1.17 bits per heavy atom. The summed E-state index contributed by atoms with van der Waals surface area (Å²) in [4.78, 5) is 12.3. The number of carbonyl (C=O) groups excluding carboxylic acids is 1. The number of carbonyl (C=O) groups is 1. The number of ether oxygens (including phenoxy) is 1. The van der Waals surface area contributed by atoms with Gasteiger partial charge in [0, 0.05) is 30.2 Å². The molecule has 4 nitrogen and oxygen atoms in total. The lowest BCUT2D eigenvalue weighted by Crippen LogP contribution is -2.24. The maximum absolute atomic E-state index is 12.3. The van der Waals surface area contributed by atoms with Crippen LogP contribution in [0.2, 0.25) is 0 Å². The summed E-state index contributed by atoms with van der Waals surface area (Å²) >= 11 is 0. The van der Waals surface area contributed by atoms with E-state index in [9.17, 15) is 4.79 Å². The van der Waals surface area contributed by atoms with Crippen LogP contribution < -0.4 is 10.1 Å². The van der Waals surface area contributed by atoms with Crippen molar-refractivity contribution >= 4 is 16.8 Å². The molecule has 0 radical (unpaired) electrons. The molecule has 4 heteroatoms. The van der Waals surface area contributed by atoms with Gasteiger partial charge in [-0.25, -0.2) is 0 Å². The minimum Gasteiger partial charge on any atom is -0.497 e. The summed E-state index contributed by atoms with van der Waals surface area (Å²) in [6.07, 6.45) is 0.348. The smallest absolute Gasteiger partial charge is 0.224 e. The molecule has 3 rings (SSSR count). The highest BCUT2D eigenvalue weighted by atomic mass is 16.5. The minimum absolute atomic E-state index is 0.00980. The number of hydrogen-bond acceptors (Lipinski definition) is 2. The molecule has 24 heavy (non-hydrogen) atoms. The molecule has 0 aliphatic heterocycles. The quantitative estimate of drug-likeness (QED) is 0.783. The molecule has 0 unspecified atom stereocenters. The van der Waals surface area contributed by atoms with Crippen molar-refractivity contribution in [1.82, 2.24) is 9.88 Å². The number of para-hydroxylation sites is 1. The van der Waals surface area contributed by atoms with Crippen LogP contribution in [0.5, 0.6) is 5.75 Å². The van der Waals surface area contributed by atoms with Gasteiger partial charge in [-0.2, -0.15) is 0 Å². The fourth-order valence-electron chi connectivity index (χ4n) is 3.04. The molecule has 3 aromatic rings. The molecule has 0 saturated carbocycles. The number of nitrogens with one attached hydrogen (secondary N) is 1. The van der Waals surface area contributed by atoms with Gasteiger partial charge in [-0.3, -0.25) is 4.79 Å². The predicted molar refractivity (Wildman–Crippen MR) is 96.2 cm³/mol. The maximum atomic E-state index is 12.3. The van der Waals surface area contributed by atoms with Crippen molar-refractivity contribution in [3.05, 3.63) is 65.4 Å². The molecular formula is C20H22N2O2. The van der Waals surface area contributed by atoms with Crippen molar-refractivity contribution in [2.75, 3.05) is 7.11 Å². The number of aromatic nitrogens is 1. The molecule has 2 aromatic carbocycles. The van der Waals surface area contributed by atoms with Gasteiger partial charge in [-0.05, 0) is 36.2 Å². The lowest BCUT2D eigenvalue weighted by atomic mass is 10.1. The van der Waals surface area contributed by atoms with Crippen LogP contribution in [0.4, 0.5) is 0 Å². The van der Waals surface area contributed by atoms with Crippen molar-refractivity contribution in [1.29, 1.82) is 0 Å². The Morgan fingerprint density at radius 3 is 2.75 bits per heavy atom. The van der Waals surface area contributed by atoms with Crippen LogP contribution in [0.25, 0.3) is 10.9 Å². The lowest BCUT2D eigenvalue weighted by molar-refractivity contribution is -0.120. The number of methoxy groups -OCH3 is 1. The van der Waals surface area contributed by atoms with Crippen molar-refractivity contribution < 1.29 is 9.53 Å². The van der Waals surface area contributed by atoms with Crippen LogP contribution in [-0.2, 0) is 24.8 Å². The number of benzene rings is 2. The van der Waals surface area contributed by atoms with E-state index in [-0.39, 0.29) is 5.91 Å². The first-order chi connectivity index (χ1) is 11.6. The van der Waals surface area contributed by atoms with Crippen LogP contribution in [0.3, 0.4) is 0 Å². The summed E-state index contributed by atoms with van der Waals surface area (Å²) in [7, 11) is 3.68. The molecule has 0 aliphatic carbocycles. The highest BCUT2D eigenvalue weighted by Gasteiger charge is 2.12. The van der Waals surface area contributed by atoms with Crippen molar-refractivity contribution in [2.45, 2.75) is 19.9 Å². The third-order valence-electron chi connectivity index (χ3n) is 4.49.